The van der Waals surface area contributed by atoms with Crippen LogP contribution in [0.5, 0.6) is 0 Å². The summed E-state index contributed by atoms with van der Waals surface area (Å²) in [4.78, 5) is 18.4. The Hall–Kier alpha value is -4.46. The van der Waals surface area contributed by atoms with Crippen molar-refractivity contribution in [3.05, 3.63) is 94.5 Å². The number of benzene rings is 2. The first-order valence-electron chi connectivity index (χ1n) is 9.67. The normalized spacial score (nSPS) is 11.4. The Morgan fingerprint density at radius 3 is 2.71 bits per heavy atom. The van der Waals surface area contributed by atoms with E-state index in [1.165, 1.54) is 6.07 Å². The number of aromatic amines is 1. The number of anilines is 1. The van der Waals surface area contributed by atoms with Crippen LogP contribution in [0.15, 0.2) is 87.2 Å². The molecular weight excluding hydrogens is 392 g/mol. The van der Waals surface area contributed by atoms with E-state index in [0.717, 1.165) is 22.2 Å². The summed E-state index contributed by atoms with van der Waals surface area (Å²) < 4.78 is 7.80. The molecule has 0 fully saturated rings. The molecule has 8 nitrogen and oxygen atoms in total. The molecule has 31 heavy (non-hydrogen) atoms. The van der Waals surface area contributed by atoms with E-state index in [2.05, 4.69) is 20.5 Å². The third-order valence-electron chi connectivity index (χ3n) is 4.67. The van der Waals surface area contributed by atoms with Crippen LogP contribution in [0.1, 0.15) is 11.3 Å². The van der Waals surface area contributed by atoms with Gasteiger partial charge in [-0.05, 0) is 31.2 Å². The van der Waals surface area contributed by atoms with Crippen molar-refractivity contribution in [3.8, 4) is 17.1 Å². The lowest BCUT2D eigenvalue weighted by molar-refractivity contribution is 0.627. The number of rotatable bonds is 5. The smallest absolute Gasteiger partial charge is 0.252 e. The lowest BCUT2D eigenvalue weighted by Crippen LogP contribution is -2.10. The van der Waals surface area contributed by atoms with Crippen molar-refractivity contribution < 1.29 is 4.42 Å². The average Bonchev–Trinajstić information content (AvgIpc) is 3.38. The van der Waals surface area contributed by atoms with E-state index in [1.54, 1.807) is 17.8 Å². The molecule has 0 aliphatic heterocycles. The fourth-order valence-corrected chi connectivity index (χ4v) is 3.28. The summed E-state index contributed by atoms with van der Waals surface area (Å²) in [5.41, 5.74) is 6.21. The maximum absolute atomic E-state index is 11.6. The molecule has 152 valence electrons. The molecule has 3 aromatic heterocycles. The molecule has 0 radical (unpaired) electrons. The quantitative estimate of drug-likeness (QED) is 0.335. The minimum absolute atomic E-state index is 0.245. The summed E-state index contributed by atoms with van der Waals surface area (Å²) in [6.45, 7) is 1.74. The van der Waals surface area contributed by atoms with Crippen LogP contribution in [0.2, 0.25) is 0 Å². The van der Waals surface area contributed by atoms with E-state index in [1.807, 2.05) is 66.9 Å². The molecule has 5 aromatic rings. The molecule has 0 aliphatic carbocycles. The van der Waals surface area contributed by atoms with Gasteiger partial charge in [0.15, 0.2) is 5.76 Å². The summed E-state index contributed by atoms with van der Waals surface area (Å²) in [6, 6.07) is 21.0. The zero-order valence-electron chi connectivity index (χ0n) is 16.6. The topological polar surface area (TPSA) is 101 Å². The van der Waals surface area contributed by atoms with Gasteiger partial charge in [-0.15, -0.1) is 0 Å². The van der Waals surface area contributed by atoms with Crippen molar-refractivity contribution >= 4 is 23.1 Å². The molecule has 2 N–H and O–H groups in total. The summed E-state index contributed by atoms with van der Waals surface area (Å²) in [7, 11) is 0. The number of nitrogens with one attached hydrogen (secondary N) is 2. The molecule has 0 aliphatic rings. The van der Waals surface area contributed by atoms with Gasteiger partial charge in [-0.25, -0.2) is 15.1 Å². The first kappa shape index (κ1) is 18.6. The van der Waals surface area contributed by atoms with Crippen molar-refractivity contribution in [2.75, 3.05) is 5.43 Å². The number of nitrogens with zero attached hydrogens (tertiary/aromatic N) is 4. The van der Waals surface area contributed by atoms with E-state index >= 15 is 0 Å². The number of aromatic nitrogens is 4. The minimum Gasteiger partial charge on any atom is -0.454 e. The van der Waals surface area contributed by atoms with Crippen molar-refractivity contribution in [2.24, 2.45) is 5.10 Å². The van der Waals surface area contributed by atoms with Gasteiger partial charge in [0.2, 0.25) is 5.95 Å². The summed E-state index contributed by atoms with van der Waals surface area (Å²) in [6.07, 6.45) is 3.49. The Bertz CT molecular complexity index is 1410. The molecule has 2 aromatic carbocycles. The molecule has 0 atom stereocenters. The van der Waals surface area contributed by atoms with Crippen LogP contribution < -0.4 is 11.0 Å². The van der Waals surface area contributed by atoms with Gasteiger partial charge < -0.3 is 4.42 Å². The van der Waals surface area contributed by atoms with Gasteiger partial charge in [0.05, 0.1) is 11.9 Å². The van der Waals surface area contributed by atoms with E-state index in [0.29, 0.717) is 17.1 Å². The Morgan fingerprint density at radius 2 is 1.90 bits per heavy atom. The van der Waals surface area contributed by atoms with Gasteiger partial charge in [-0.1, -0.05) is 36.4 Å². The number of H-pyrrole nitrogens is 1. The third kappa shape index (κ3) is 3.86. The second kappa shape index (κ2) is 7.75. The highest BCUT2D eigenvalue weighted by atomic mass is 16.3. The number of fused-ring (bicyclic) bond motifs is 1. The van der Waals surface area contributed by atoms with Gasteiger partial charge in [0, 0.05) is 28.9 Å². The number of para-hydroxylation sites is 2. The van der Waals surface area contributed by atoms with Crippen LogP contribution in [0.3, 0.4) is 0 Å². The van der Waals surface area contributed by atoms with E-state index in [9.17, 15) is 4.79 Å². The van der Waals surface area contributed by atoms with E-state index in [-0.39, 0.29) is 11.5 Å². The predicted molar refractivity (Wildman–Crippen MR) is 120 cm³/mol. The summed E-state index contributed by atoms with van der Waals surface area (Å²) >= 11 is 0. The maximum Gasteiger partial charge on any atom is 0.252 e. The zero-order valence-corrected chi connectivity index (χ0v) is 16.6. The molecular formula is C23H18N6O2. The number of hydrazone groups is 1. The maximum atomic E-state index is 11.6. The van der Waals surface area contributed by atoms with Crippen molar-refractivity contribution in [2.45, 2.75) is 6.92 Å². The molecule has 0 saturated carbocycles. The summed E-state index contributed by atoms with van der Waals surface area (Å²) in [5, 5.41) is 9.96. The Morgan fingerprint density at radius 1 is 1.10 bits per heavy atom. The Kier molecular flexibility index (Phi) is 4.64. The fraction of sp³-hybridized carbons (Fsp3) is 0.0435. The molecule has 0 unspecified atom stereocenters. The molecule has 0 spiro atoms. The highest BCUT2D eigenvalue weighted by Gasteiger charge is 2.15. The number of hydrogen-bond donors (Lipinski definition) is 2. The monoisotopic (exact) mass is 410 g/mol. The van der Waals surface area contributed by atoms with Gasteiger partial charge >= 0.3 is 0 Å². The van der Waals surface area contributed by atoms with Gasteiger partial charge in [0.1, 0.15) is 11.3 Å². The van der Waals surface area contributed by atoms with E-state index in [4.69, 9.17) is 9.52 Å². The van der Waals surface area contributed by atoms with Crippen LogP contribution in [0.25, 0.3) is 28.1 Å². The molecule has 8 heteroatoms. The van der Waals surface area contributed by atoms with Crippen LogP contribution in [0, 0.1) is 6.92 Å². The number of aryl methyl sites for hydroxylation is 1. The van der Waals surface area contributed by atoms with Gasteiger partial charge in [-0.2, -0.15) is 10.2 Å². The first-order chi connectivity index (χ1) is 15.2. The zero-order chi connectivity index (χ0) is 21.2. The van der Waals surface area contributed by atoms with E-state index < -0.39 is 0 Å². The molecule has 0 saturated heterocycles. The summed E-state index contributed by atoms with van der Waals surface area (Å²) in [5.74, 6) is 0.904. The SMILES string of the molecule is Cc1cc(=O)[nH]c(N/N=C/c2cn(-c3ccccc3)nc2-c2cc3ccccc3o2)n1. The predicted octanol–water partition coefficient (Wildman–Crippen LogP) is 4.12. The lowest BCUT2D eigenvalue weighted by atomic mass is 10.2. The molecule has 0 bridgehead atoms. The van der Waals surface area contributed by atoms with Crippen molar-refractivity contribution in [1.29, 1.82) is 0 Å². The second-order valence-corrected chi connectivity index (χ2v) is 6.97. The highest BCUT2D eigenvalue weighted by molar-refractivity contribution is 5.90. The van der Waals surface area contributed by atoms with Crippen LogP contribution in [-0.2, 0) is 0 Å². The average molecular weight is 410 g/mol. The lowest BCUT2D eigenvalue weighted by Gasteiger charge is -1.99. The highest BCUT2D eigenvalue weighted by Crippen LogP contribution is 2.29. The fourth-order valence-electron chi connectivity index (χ4n) is 3.28. The third-order valence-corrected chi connectivity index (χ3v) is 4.67. The minimum atomic E-state index is -0.245. The second-order valence-electron chi connectivity index (χ2n) is 6.97. The Balaban J connectivity index is 1.54. The van der Waals surface area contributed by atoms with Crippen LogP contribution >= 0.6 is 0 Å². The van der Waals surface area contributed by atoms with Gasteiger partial charge in [0.25, 0.3) is 5.56 Å². The number of hydrogen-bond acceptors (Lipinski definition) is 6. The van der Waals surface area contributed by atoms with Gasteiger partial charge in [-0.3, -0.25) is 9.78 Å². The Labute approximate surface area is 176 Å². The largest absolute Gasteiger partial charge is 0.454 e. The van der Waals surface area contributed by atoms with Crippen molar-refractivity contribution in [3.63, 3.8) is 0 Å². The molecule has 5 rings (SSSR count). The molecule has 3 heterocycles. The first-order valence-corrected chi connectivity index (χ1v) is 9.67. The van der Waals surface area contributed by atoms with Crippen LogP contribution in [0.4, 0.5) is 5.95 Å². The number of furan rings is 1. The molecule has 0 amide bonds. The van der Waals surface area contributed by atoms with Crippen molar-refractivity contribution in [1.82, 2.24) is 19.7 Å². The van der Waals surface area contributed by atoms with Crippen LogP contribution in [-0.4, -0.2) is 26.0 Å². The standard InChI is InChI=1S/C23H18N6O2/c1-15-11-21(30)26-23(25-15)27-24-13-17-14-29(18-8-3-2-4-9-18)28-22(17)20-12-16-7-5-6-10-19(16)31-20/h2-14H,1H3,(H2,25,26,27,30)/b24-13+.